The Bertz CT molecular complexity index is 606. The average molecular weight is 286 g/mol. The van der Waals surface area contributed by atoms with E-state index < -0.39 is 11.6 Å². The third kappa shape index (κ3) is 4.87. The van der Waals surface area contributed by atoms with Crippen LogP contribution in [-0.2, 0) is 9.53 Å². The molecule has 1 aromatic heterocycles. The maximum Gasteiger partial charge on any atom is 0.344 e. The molecule has 0 unspecified atom stereocenters. The summed E-state index contributed by atoms with van der Waals surface area (Å²) < 4.78 is 10.6. The molecular weight excluding hydrogens is 268 g/mol. The van der Waals surface area contributed by atoms with Gasteiger partial charge in [0.15, 0.2) is 12.4 Å². The molecule has 0 N–H and O–H groups in total. The number of esters is 1. The fourth-order valence-electron chi connectivity index (χ4n) is 1.69. The van der Waals surface area contributed by atoms with Crippen molar-refractivity contribution in [2.75, 3.05) is 6.61 Å². The van der Waals surface area contributed by atoms with Gasteiger partial charge in [0.25, 0.3) is 0 Å². The highest BCUT2D eigenvalue weighted by Gasteiger charge is 2.16. The Labute approximate surface area is 124 Å². The third-order valence-corrected chi connectivity index (χ3v) is 2.43. The minimum absolute atomic E-state index is 0.129. The number of rotatable bonds is 4. The molecule has 0 amide bonds. The van der Waals surface area contributed by atoms with Gasteiger partial charge >= 0.3 is 5.97 Å². The van der Waals surface area contributed by atoms with E-state index in [2.05, 4.69) is 9.97 Å². The highest BCUT2D eigenvalue weighted by molar-refractivity contribution is 5.71. The van der Waals surface area contributed by atoms with Crippen molar-refractivity contribution in [2.24, 2.45) is 0 Å². The van der Waals surface area contributed by atoms with Gasteiger partial charge < -0.3 is 9.47 Å². The zero-order chi connectivity index (χ0) is 15.3. The highest BCUT2D eigenvalue weighted by atomic mass is 16.6. The molecule has 5 heteroatoms. The van der Waals surface area contributed by atoms with Crippen molar-refractivity contribution < 1.29 is 14.3 Å². The summed E-state index contributed by atoms with van der Waals surface area (Å²) in [6.07, 6.45) is 3.35. The van der Waals surface area contributed by atoms with Crippen LogP contribution in [0.5, 0.6) is 5.75 Å². The Balaban J connectivity index is 2.01. The van der Waals surface area contributed by atoms with E-state index in [1.807, 2.05) is 32.9 Å². The molecular formula is C16H18N2O3. The van der Waals surface area contributed by atoms with Gasteiger partial charge in [-0.2, -0.15) is 0 Å². The molecule has 0 aliphatic rings. The molecule has 2 rings (SSSR count). The molecule has 0 aliphatic carbocycles. The summed E-state index contributed by atoms with van der Waals surface area (Å²) in [7, 11) is 0. The molecule has 21 heavy (non-hydrogen) atoms. The summed E-state index contributed by atoms with van der Waals surface area (Å²) in [5, 5.41) is 0. The Morgan fingerprint density at radius 3 is 2.52 bits per heavy atom. The van der Waals surface area contributed by atoms with Crippen LogP contribution in [0.3, 0.4) is 0 Å². The molecule has 110 valence electrons. The first-order chi connectivity index (χ1) is 9.94. The van der Waals surface area contributed by atoms with Crippen molar-refractivity contribution in [3.63, 3.8) is 0 Å². The Morgan fingerprint density at radius 2 is 1.86 bits per heavy atom. The van der Waals surface area contributed by atoms with E-state index in [1.165, 1.54) is 0 Å². The summed E-state index contributed by atoms with van der Waals surface area (Å²) in [6, 6.07) is 9.04. The smallest absolute Gasteiger partial charge is 0.344 e. The Morgan fingerprint density at radius 1 is 1.14 bits per heavy atom. The van der Waals surface area contributed by atoms with Crippen molar-refractivity contribution in [1.29, 1.82) is 0 Å². The second-order valence-electron chi connectivity index (χ2n) is 5.48. The number of hydrogen-bond acceptors (Lipinski definition) is 5. The summed E-state index contributed by atoms with van der Waals surface area (Å²) in [5.74, 6) is 0.787. The molecule has 0 saturated heterocycles. The predicted octanol–water partition coefficient (Wildman–Crippen LogP) is 2.86. The van der Waals surface area contributed by atoms with Gasteiger partial charge in [-0.3, -0.25) is 0 Å². The van der Waals surface area contributed by atoms with E-state index in [0.29, 0.717) is 11.6 Å². The van der Waals surface area contributed by atoms with Crippen molar-refractivity contribution in [1.82, 2.24) is 9.97 Å². The van der Waals surface area contributed by atoms with Crippen LogP contribution in [0.25, 0.3) is 11.4 Å². The molecule has 0 radical (unpaired) electrons. The summed E-state index contributed by atoms with van der Waals surface area (Å²) >= 11 is 0. The monoisotopic (exact) mass is 286 g/mol. The lowest BCUT2D eigenvalue weighted by Crippen LogP contribution is -2.27. The predicted molar refractivity (Wildman–Crippen MR) is 78.8 cm³/mol. The zero-order valence-electron chi connectivity index (χ0n) is 12.4. The van der Waals surface area contributed by atoms with Gasteiger partial charge in [-0.25, -0.2) is 14.8 Å². The second kappa shape index (κ2) is 6.35. The fourth-order valence-corrected chi connectivity index (χ4v) is 1.69. The summed E-state index contributed by atoms with van der Waals surface area (Å²) in [4.78, 5) is 20.0. The minimum atomic E-state index is -0.514. The van der Waals surface area contributed by atoms with Crippen LogP contribution in [0, 0.1) is 0 Å². The van der Waals surface area contributed by atoms with Crippen LogP contribution in [0.15, 0.2) is 42.7 Å². The van der Waals surface area contributed by atoms with E-state index in [-0.39, 0.29) is 6.61 Å². The topological polar surface area (TPSA) is 61.3 Å². The SMILES string of the molecule is CC(C)(C)OC(=O)COc1cccc(-c2ncccn2)c1. The molecule has 0 bridgehead atoms. The number of hydrogen-bond donors (Lipinski definition) is 0. The van der Waals surface area contributed by atoms with Crippen LogP contribution in [0.2, 0.25) is 0 Å². The van der Waals surface area contributed by atoms with Crippen molar-refractivity contribution in [3.05, 3.63) is 42.7 Å². The van der Waals surface area contributed by atoms with Crippen LogP contribution in [0.1, 0.15) is 20.8 Å². The van der Waals surface area contributed by atoms with Gasteiger partial charge in [0.05, 0.1) is 0 Å². The van der Waals surface area contributed by atoms with Crippen LogP contribution in [0.4, 0.5) is 0 Å². The first-order valence-corrected chi connectivity index (χ1v) is 6.66. The lowest BCUT2D eigenvalue weighted by Gasteiger charge is -2.19. The highest BCUT2D eigenvalue weighted by Crippen LogP contribution is 2.20. The van der Waals surface area contributed by atoms with Crippen molar-refractivity contribution in [3.8, 4) is 17.1 Å². The number of benzene rings is 1. The number of carbonyl (C=O) groups is 1. The number of nitrogens with zero attached hydrogens (tertiary/aromatic N) is 2. The average Bonchev–Trinajstić information content (AvgIpc) is 2.45. The lowest BCUT2D eigenvalue weighted by atomic mass is 10.2. The van der Waals surface area contributed by atoms with Crippen molar-refractivity contribution >= 4 is 5.97 Å². The molecule has 1 heterocycles. The van der Waals surface area contributed by atoms with Crippen LogP contribution in [-0.4, -0.2) is 28.1 Å². The van der Waals surface area contributed by atoms with E-state index in [1.54, 1.807) is 30.6 Å². The van der Waals surface area contributed by atoms with Crippen molar-refractivity contribution in [2.45, 2.75) is 26.4 Å². The Hall–Kier alpha value is -2.43. The summed E-state index contributed by atoms with van der Waals surface area (Å²) in [6.45, 7) is 5.32. The second-order valence-corrected chi connectivity index (χ2v) is 5.48. The molecule has 5 nitrogen and oxygen atoms in total. The lowest BCUT2D eigenvalue weighted by molar-refractivity contribution is -0.157. The molecule has 0 aliphatic heterocycles. The van der Waals surface area contributed by atoms with Gasteiger partial charge in [-0.05, 0) is 39.0 Å². The van der Waals surface area contributed by atoms with Gasteiger partial charge in [-0.1, -0.05) is 12.1 Å². The molecule has 2 aromatic rings. The van der Waals surface area contributed by atoms with Crippen LogP contribution < -0.4 is 4.74 Å². The molecule has 1 aromatic carbocycles. The van der Waals surface area contributed by atoms with E-state index in [9.17, 15) is 4.79 Å². The normalized spacial score (nSPS) is 11.0. The standard InChI is InChI=1S/C16H18N2O3/c1-16(2,3)21-14(19)11-20-13-7-4-6-12(10-13)15-17-8-5-9-18-15/h4-10H,11H2,1-3H3. The first kappa shape index (κ1) is 15.0. The van der Waals surface area contributed by atoms with Gasteiger partial charge in [0.1, 0.15) is 11.4 Å². The maximum atomic E-state index is 11.6. The quantitative estimate of drug-likeness (QED) is 0.809. The van der Waals surface area contributed by atoms with Crippen LogP contribution >= 0.6 is 0 Å². The number of ether oxygens (including phenoxy) is 2. The number of carbonyl (C=O) groups excluding carboxylic acids is 1. The molecule has 0 atom stereocenters. The molecule has 0 saturated carbocycles. The summed E-state index contributed by atoms with van der Waals surface area (Å²) in [5.41, 5.74) is 0.317. The third-order valence-electron chi connectivity index (χ3n) is 2.43. The zero-order valence-corrected chi connectivity index (χ0v) is 12.4. The van der Waals surface area contributed by atoms with E-state index in [0.717, 1.165) is 5.56 Å². The molecule has 0 fully saturated rings. The number of aromatic nitrogens is 2. The van der Waals surface area contributed by atoms with Gasteiger partial charge in [0, 0.05) is 18.0 Å². The maximum absolute atomic E-state index is 11.6. The van der Waals surface area contributed by atoms with Gasteiger partial charge in [-0.15, -0.1) is 0 Å². The minimum Gasteiger partial charge on any atom is -0.482 e. The first-order valence-electron chi connectivity index (χ1n) is 6.66. The largest absolute Gasteiger partial charge is 0.482 e. The van der Waals surface area contributed by atoms with E-state index in [4.69, 9.17) is 9.47 Å². The Kier molecular flexibility index (Phi) is 4.52. The van der Waals surface area contributed by atoms with E-state index >= 15 is 0 Å². The van der Waals surface area contributed by atoms with Gasteiger partial charge in [0.2, 0.25) is 0 Å². The molecule has 0 spiro atoms. The fraction of sp³-hybridized carbons (Fsp3) is 0.312.